The van der Waals surface area contributed by atoms with E-state index in [-0.39, 0.29) is 17.9 Å². The molecule has 0 fully saturated rings. The molecule has 0 unspecified atom stereocenters. The zero-order valence-corrected chi connectivity index (χ0v) is 16.3. The summed E-state index contributed by atoms with van der Waals surface area (Å²) >= 11 is 3.39. The summed E-state index contributed by atoms with van der Waals surface area (Å²) in [4.78, 5) is 37.1. The van der Waals surface area contributed by atoms with Crippen LogP contribution in [0.25, 0.3) is 22.4 Å². The van der Waals surface area contributed by atoms with Crippen LogP contribution in [0.1, 0.15) is 16.4 Å². The van der Waals surface area contributed by atoms with E-state index in [9.17, 15) is 9.59 Å². The van der Waals surface area contributed by atoms with E-state index in [1.165, 1.54) is 17.0 Å². The third-order valence-corrected chi connectivity index (χ3v) is 4.67. The second kappa shape index (κ2) is 7.35. The first-order valence-corrected chi connectivity index (χ1v) is 9.11. The van der Waals surface area contributed by atoms with E-state index in [4.69, 9.17) is 4.42 Å². The van der Waals surface area contributed by atoms with Crippen molar-refractivity contribution < 1.29 is 9.21 Å². The van der Waals surface area contributed by atoms with Gasteiger partial charge >= 0.3 is 0 Å². The third-order valence-electron chi connectivity index (χ3n) is 4.18. The number of halogens is 1. The largest absolute Gasteiger partial charge is 0.451 e. The van der Waals surface area contributed by atoms with Crippen molar-refractivity contribution in [2.45, 2.75) is 6.54 Å². The first-order chi connectivity index (χ1) is 13.5. The number of amides is 1. The molecule has 9 heteroatoms. The van der Waals surface area contributed by atoms with Crippen LogP contribution >= 0.6 is 15.9 Å². The Morgan fingerprint density at radius 3 is 2.86 bits per heavy atom. The van der Waals surface area contributed by atoms with Crippen molar-refractivity contribution in [1.29, 1.82) is 0 Å². The fourth-order valence-corrected chi connectivity index (χ4v) is 3.07. The molecule has 140 valence electrons. The van der Waals surface area contributed by atoms with Crippen molar-refractivity contribution in [2.75, 3.05) is 0 Å². The molecule has 0 bridgehead atoms. The first-order valence-electron chi connectivity index (χ1n) is 8.32. The van der Waals surface area contributed by atoms with Gasteiger partial charge in [-0.05, 0) is 30.3 Å². The molecule has 28 heavy (non-hydrogen) atoms. The predicted octanol–water partition coefficient (Wildman–Crippen LogP) is 2.68. The molecule has 1 N–H and O–H groups in total. The lowest BCUT2D eigenvalue weighted by Crippen LogP contribution is -2.29. The van der Waals surface area contributed by atoms with Gasteiger partial charge in [-0.1, -0.05) is 15.9 Å². The van der Waals surface area contributed by atoms with Crippen LogP contribution in [0.3, 0.4) is 0 Å². The molecule has 0 radical (unpaired) electrons. The lowest BCUT2D eigenvalue weighted by molar-refractivity contribution is 0.0924. The Hall–Kier alpha value is -3.33. The smallest absolute Gasteiger partial charge is 0.287 e. The zero-order valence-electron chi connectivity index (χ0n) is 14.7. The van der Waals surface area contributed by atoms with Crippen LogP contribution in [0, 0.1) is 0 Å². The minimum atomic E-state index is -0.394. The minimum absolute atomic E-state index is 0.0598. The lowest BCUT2D eigenvalue weighted by Gasteiger charge is -2.09. The lowest BCUT2D eigenvalue weighted by atomic mass is 10.2. The molecule has 3 heterocycles. The SMILES string of the molecule is Cn1c(CNC(=O)c2cc3cc(Br)ccc3o2)nc(-c2ccncn2)cc1=O. The molecule has 1 amide bonds. The highest BCUT2D eigenvalue weighted by Gasteiger charge is 2.14. The topological polar surface area (TPSA) is 103 Å². The van der Waals surface area contributed by atoms with Crippen LogP contribution in [-0.2, 0) is 13.6 Å². The van der Waals surface area contributed by atoms with Gasteiger partial charge in [0.25, 0.3) is 11.5 Å². The molecule has 0 aliphatic carbocycles. The van der Waals surface area contributed by atoms with Gasteiger partial charge in [-0.3, -0.25) is 14.2 Å². The number of carbonyl (C=O) groups is 1. The number of nitrogens with one attached hydrogen (secondary N) is 1. The van der Waals surface area contributed by atoms with Gasteiger partial charge in [0.2, 0.25) is 0 Å². The summed E-state index contributed by atoms with van der Waals surface area (Å²) in [6.45, 7) is 0.0598. The highest BCUT2D eigenvalue weighted by Crippen LogP contribution is 2.23. The molecule has 4 aromatic rings. The second-order valence-corrected chi connectivity index (χ2v) is 6.94. The van der Waals surface area contributed by atoms with Crippen molar-refractivity contribution in [1.82, 2.24) is 24.8 Å². The maximum absolute atomic E-state index is 12.5. The highest BCUT2D eigenvalue weighted by molar-refractivity contribution is 9.10. The number of fused-ring (bicyclic) bond motifs is 1. The van der Waals surface area contributed by atoms with E-state index >= 15 is 0 Å². The average Bonchev–Trinajstić information content (AvgIpc) is 3.12. The van der Waals surface area contributed by atoms with Gasteiger partial charge in [0, 0.05) is 29.2 Å². The van der Waals surface area contributed by atoms with Crippen LogP contribution < -0.4 is 10.9 Å². The van der Waals surface area contributed by atoms with E-state index in [0.717, 1.165) is 9.86 Å². The molecule has 1 aromatic carbocycles. The van der Waals surface area contributed by atoms with E-state index in [1.54, 1.807) is 31.4 Å². The molecule has 0 aliphatic heterocycles. The van der Waals surface area contributed by atoms with Crippen molar-refractivity contribution in [3.8, 4) is 11.4 Å². The number of carbonyl (C=O) groups excluding carboxylic acids is 1. The monoisotopic (exact) mass is 439 g/mol. The van der Waals surface area contributed by atoms with Crippen LogP contribution in [0.15, 0.2) is 62.6 Å². The standard InChI is InChI=1S/C19H14BrN5O3/c1-25-17(24-14(8-18(25)26)13-4-5-21-10-23-13)9-22-19(27)16-7-11-6-12(20)2-3-15(11)28-16/h2-8,10H,9H2,1H3,(H,22,27). The van der Waals surface area contributed by atoms with Crippen LogP contribution in [-0.4, -0.2) is 25.4 Å². The predicted molar refractivity (Wildman–Crippen MR) is 106 cm³/mol. The summed E-state index contributed by atoms with van der Waals surface area (Å²) < 4.78 is 7.85. The Morgan fingerprint density at radius 1 is 1.21 bits per heavy atom. The summed E-state index contributed by atoms with van der Waals surface area (Å²) in [5, 5.41) is 3.55. The van der Waals surface area contributed by atoms with Crippen molar-refractivity contribution in [3.05, 3.63) is 75.3 Å². The molecule has 8 nitrogen and oxygen atoms in total. The molecule has 0 aliphatic rings. The fourth-order valence-electron chi connectivity index (χ4n) is 2.69. The summed E-state index contributed by atoms with van der Waals surface area (Å²) in [5.74, 6) is 0.187. The summed E-state index contributed by atoms with van der Waals surface area (Å²) in [6.07, 6.45) is 2.96. The van der Waals surface area contributed by atoms with E-state index in [1.807, 2.05) is 12.1 Å². The number of hydrogen-bond donors (Lipinski definition) is 1. The highest BCUT2D eigenvalue weighted by atomic mass is 79.9. The number of furan rings is 1. The van der Waals surface area contributed by atoms with Crippen LogP contribution in [0.2, 0.25) is 0 Å². The number of benzene rings is 1. The van der Waals surface area contributed by atoms with Gasteiger partial charge in [0.05, 0.1) is 17.9 Å². The van der Waals surface area contributed by atoms with Crippen molar-refractivity contribution >= 4 is 32.8 Å². The fraction of sp³-hybridized carbons (Fsp3) is 0.105. The van der Waals surface area contributed by atoms with Gasteiger partial charge in [0.1, 0.15) is 17.7 Å². The van der Waals surface area contributed by atoms with Gasteiger partial charge in [-0.25, -0.2) is 15.0 Å². The first kappa shape index (κ1) is 18.1. The maximum Gasteiger partial charge on any atom is 0.287 e. The Bertz CT molecular complexity index is 1230. The molecule has 0 spiro atoms. The Labute approximate surface area is 167 Å². The van der Waals surface area contributed by atoms with E-state index in [2.05, 4.69) is 36.2 Å². The Balaban J connectivity index is 1.57. The number of rotatable bonds is 4. The molecular formula is C19H14BrN5O3. The number of aromatic nitrogens is 4. The normalized spacial score (nSPS) is 10.9. The van der Waals surface area contributed by atoms with Crippen LogP contribution in [0.5, 0.6) is 0 Å². The van der Waals surface area contributed by atoms with Gasteiger partial charge in [0.15, 0.2) is 5.76 Å². The molecule has 0 atom stereocenters. The number of nitrogens with zero attached hydrogens (tertiary/aromatic N) is 4. The van der Waals surface area contributed by atoms with E-state index in [0.29, 0.717) is 22.8 Å². The second-order valence-electron chi connectivity index (χ2n) is 6.02. The van der Waals surface area contributed by atoms with E-state index < -0.39 is 5.91 Å². The molecule has 3 aromatic heterocycles. The Kier molecular flexibility index (Phi) is 4.74. The minimum Gasteiger partial charge on any atom is -0.451 e. The van der Waals surface area contributed by atoms with Gasteiger partial charge < -0.3 is 9.73 Å². The molecule has 4 rings (SSSR count). The Morgan fingerprint density at radius 2 is 2.07 bits per heavy atom. The molecule has 0 saturated carbocycles. The molecule has 0 saturated heterocycles. The van der Waals surface area contributed by atoms with Gasteiger partial charge in [-0.15, -0.1) is 0 Å². The average molecular weight is 440 g/mol. The molecular weight excluding hydrogens is 426 g/mol. The van der Waals surface area contributed by atoms with Crippen molar-refractivity contribution in [3.63, 3.8) is 0 Å². The summed E-state index contributed by atoms with van der Waals surface area (Å²) in [7, 11) is 1.60. The third kappa shape index (κ3) is 3.56. The van der Waals surface area contributed by atoms with Gasteiger partial charge in [-0.2, -0.15) is 0 Å². The number of hydrogen-bond acceptors (Lipinski definition) is 6. The van der Waals surface area contributed by atoms with Crippen molar-refractivity contribution in [2.24, 2.45) is 7.05 Å². The summed E-state index contributed by atoms with van der Waals surface area (Å²) in [6, 6.07) is 10.2. The quantitative estimate of drug-likeness (QED) is 0.524. The maximum atomic E-state index is 12.5. The van der Waals surface area contributed by atoms with Crippen LogP contribution in [0.4, 0.5) is 0 Å². The zero-order chi connectivity index (χ0) is 19.7. The summed E-state index contributed by atoms with van der Waals surface area (Å²) in [5.41, 5.74) is 1.32.